The molecule has 0 aliphatic heterocycles. The van der Waals surface area contributed by atoms with Crippen LogP contribution in [0, 0.1) is 7.14 Å². The molecular formula is C15H16F3IO3S. The Morgan fingerprint density at radius 1 is 0.826 bits per heavy atom. The summed E-state index contributed by atoms with van der Waals surface area (Å²) in [5, 5.41) is 0. The maximum absolute atomic E-state index is 12.9. The maximum atomic E-state index is 12.9. The third-order valence-corrected chi connectivity index (χ3v) is 17.7. The summed E-state index contributed by atoms with van der Waals surface area (Å²) in [6, 6.07) is 16.4. The Bertz CT molecular complexity index is 744. The predicted molar refractivity (Wildman–Crippen MR) is 92.2 cm³/mol. The van der Waals surface area contributed by atoms with Gasteiger partial charge in [0.15, 0.2) is 0 Å². The van der Waals surface area contributed by atoms with Gasteiger partial charge >= 0.3 is 135 Å². The number of hydrogen-bond donors (Lipinski definition) is 0. The molecule has 0 spiro atoms. The fourth-order valence-electron chi connectivity index (χ4n) is 2.05. The first-order valence-electron chi connectivity index (χ1n) is 6.38. The first kappa shape index (κ1) is 18.2. The second kappa shape index (κ2) is 5.75. The van der Waals surface area contributed by atoms with Crippen LogP contribution < -0.4 is 0 Å². The topological polar surface area (TPSA) is 43.4 Å². The van der Waals surface area contributed by atoms with Crippen LogP contribution in [0.2, 0.25) is 0 Å². The molecule has 0 aliphatic carbocycles. The van der Waals surface area contributed by atoms with Crippen molar-refractivity contribution in [1.29, 1.82) is 0 Å². The van der Waals surface area contributed by atoms with E-state index in [-0.39, 0.29) is 0 Å². The second-order valence-electron chi connectivity index (χ2n) is 5.25. The van der Waals surface area contributed by atoms with Gasteiger partial charge in [0, 0.05) is 0 Å². The summed E-state index contributed by atoms with van der Waals surface area (Å²) in [6.45, 7) is 0. The Hall–Kier alpha value is -1.13. The molecule has 3 nitrogen and oxygen atoms in total. The molecule has 0 amide bonds. The fourth-order valence-corrected chi connectivity index (χ4v) is 14.6. The molecule has 0 radical (unpaired) electrons. The Kier molecular flexibility index (Phi) is 4.55. The number of hydrogen-bond acceptors (Lipinski definition) is 3. The number of halogens is 4. The van der Waals surface area contributed by atoms with Gasteiger partial charge in [-0.25, -0.2) is 0 Å². The predicted octanol–water partition coefficient (Wildman–Crippen LogP) is 4.34. The minimum atomic E-state index is -5.73. The van der Waals surface area contributed by atoms with Crippen LogP contribution in [0.15, 0.2) is 60.7 Å². The number of alkyl halides is 5. The van der Waals surface area contributed by atoms with Gasteiger partial charge in [0.2, 0.25) is 0 Å². The molecule has 8 heteroatoms. The quantitative estimate of drug-likeness (QED) is 0.388. The zero-order chi connectivity index (χ0) is 17.4. The van der Waals surface area contributed by atoms with Crippen LogP contribution in [0.5, 0.6) is 0 Å². The zero-order valence-electron chi connectivity index (χ0n) is 12.4. The number of benzene rings is 2. The van der Waals surface area contributed by atoms with Crippen LogP contribution in [0.25, 0.3) is 0 Å². The summed E-state index contributed by atoms with van der Waals surface area (Å²) in [7, 11) is -5.73. The monoisotopic (exact) mass is 460 g/mol. The molecule has 23 heavy (non-hydrogen) atoms. The van der Waals surface area contributed by atoms with Crippen LogP contribution >= 0.6 is 17.5 Å². The summed E-state index contributed by atoms with van der Waals surface area (Å²) in [5.41, 5.74) is -5.47. The average molecular weight is 460 g/mol. The first-order valence-corrected chi connectivity index (χ1v) is 15.1. The summed E-state index contributed by atoms with van der Waals surface area (Å²) in [4.78, 5) is 3.00. The summed E-state index contributed by atoms with van der Waals surface area (Å²) >= 11 is -4.81. The van der Waals surface area contributed by atoms with Crippen molar-refractivity contribution in [3.8, 4) is 0 Å². The molecule has 2 aromatic carbocycles. The SMILES string of the molecule is CI(C)(OS(=O)(=O)C(F)(F)F)(c1ccccc1)c1ccccc1. The molecule has 0 bridgehead atoms. The van der Waals surface area contributed by atoms with E-state index < -0.39 is 33.1 Å². The van der Waals surface area contributed by atoms with Gasteiger partial charge in [-0.1, -0.05) is 0 Å². The van der Waals surface area contributed by atoms with Gasteiger partial charge in [0.25, 0.3) is 0 Å². The van der Waals surface area contributed by atoms with E-state index in [0.29, 0.717) is 7.14 Å². The molecule has 2 rings (SSSR count). The van der Waals surface area contributed by atoms with Crippen LogP contribution in [-0.2, 0) is 12.6 Å². The van der Waals surface area contributed by atoms with E-state index in [1.54, 1.807) is 60.7 Å². The van der Waals surface area contributed by atoms with Gasteiger partial charge in [-0.15, -0.1) is 0 Å². The molecule has 0 saturated carbocycles. The molecule has 0 saturated heterocycles. The summed E-state index contributed by atoms with van der Waals surface area (Å²) in [5.74, 6) is 0. The third kappa shape index (κ3) is 3.38. The van der Waals surface area contributed by atoms with E-state index in [9.17, 15) is 21.6 Å². The molecule has 128 valence electrons. The van der Waals surface area contributed by atoms with Crippen molar-refractivity contribution in [3.05, 3.63) is 67.8 Å². The van der Waals surface area contributed by atoms with Crippen LogP contribution in [0.1, 0.15) is 0 Å². The van der Waals surface area contributed by atoms with Crippen molar-refractivity contribution < 1.29 is 24.1 Å². The van der Waals surface area contributed by atoms with Crippen molar-refractivity contribution in [2.45, 2.75) is 5.51 Å². The molecule has 0 N–H and O–H groups in total. The van der Waals surface area contributed by atoms with Crippen molar-refractivity contribution >= 4 is 27.6 Å². The van der Waals surface area contributed by atoms with Gasteiger partial charge in [0.1, 0.15) is 0 Å². The van der Waals surface area contributed by atoms with E-state index in [1.807, 2.05) is 0 Å². The molecular weight excluding hydrogens is 444 g/mol. The van der Waals surface area contributed by atoms with E-state index in [2.05, 4.69) is 0 Å². The van der Waals surface area contributed by atoms with Crippen molar-refractivity contribution in [2.24, 2.45) is 0 Å². The summed E-state index contributed by atoms with van der Waals surface area (Å²) < 4.78 is 68.0. The molecule has 0 unspecified atom stereocenters. The second-order valence-corrected chi connectivity index (χ2v) is 20.0. The Morgan fingerprint density at radius 3 is 1.48 bits per heavy atom. The Balaban J connectivity index is 2.73. The van der Waals surface area contributed by atoms with Crippen LogP contribution in [0.3, 0.4) is 0 Å². The van der Waals surface area contributed by atoms with Crippen molar-refractivity contribution in [3.63, 3.8) is 0 Å². The van der Waals surface area contributed by atoms with E-state index >= 15 is 0 Å². The van der Waals surface area contributed by atoms with Crippen LogP contribution in [0.4, 0.5) is 13.2 Å². The van der Waals surface area contributed by atoms with Gasteiger partial charge in [-0.2, -0.15) is 0 Å². The molecule has 0 aliphatic rings. The van der Waals surface area contributed by atoms with E-state index in [0.717, 1.165) is 0 Å². The average Bonchev–Trinajstić information content (AvgIpc) is 2.47. The van der Waals surface area contributed by atoms with Crippen LogP contribution in [-0.4, -0.2) is 23.8 Å². The molecule has 0 fully saturated rings. The fraction of sp³-hybridized carbons (Fsp3) is 0.200. The minimum absolute atomic E-state index is 0.469. The van der Waals surface area contributed by atoms with Gasteiger partial charge < -0.3 is 0 Å². The van der Waals surface area contributed by atoms with E-state index in [4.69, 9.17) is 2.51 Å². The third-order valence-electron chi connectivity index (χ3n) is 3.29. The Morgan fingerprint density at radius 2 is 1.17 bits per heavy atom. The normalized spacial score (nSPS) is 14.9. The van der Waals surface area contributed by atoms with Gasteiger partial charge in [-0.3, -0.25) is 0 Å². The van der Waals surface area contributed by atoms with Gasteiger partial charge in [-0.05, 0) is 0 Å². The van der Waals surface area contributed by atoms with Crippen molar-refractivity contribution in [2.75, 3.05) is 9.86 Å². The van der Waals surface area contributed by atoms with Crippen molar-refractivity contribution in [1.82, 2.24) is 0 Å². The summed E-state index contributed by atoms with van der Waals surface area (Å²) in [6.07, 6.45) is 0. The molecule has 0 heterocycles. The van der Waals surface area contributed by atoms with Gasteiger partial charge in [0.05, 0.1) is 0 Å². The zero-order valence-corrected chi connectivity index (χ0v) is 15.4. The molecule has 2 aromatic rings. The molecule has 0 aromatic heterocycles. The van der Waals surface area contributed by atoms with E-state index in [1.165, 1.54) is 9.86 Å². The molecule has 0 atom stereocenters. The standard InChI is InChI=1S/C15H16F3IO3S/c1-19(2,13-9-5-3-6-10-13,14-11-7-4-8-12-14)22-23(20,21)15(16,17)18/h3-12H,1-2H3. The Labute approximate surface area is 134 Å². The first-order chi connectivity index (χ1) is 10.5. The number of rotatable bonds is 4.